The van der Waals surface area contributed by atoms with E-state index in [-0.39, 0.29) is 12.5 Å². The van der Waals surface area contributed by atoms with Crippen LogP contribution in [0.1, 0.15) is 21.5 Å². The molecule has 0 aliphatic carbocycles. The Morgan fingerprint density at radius 1 is 1.00 bits per heavy atom. The minimum absolute atomic E-state index is 0.163. The number of rotatable bonds is 7. The van der Waals surface area contributed by atoms with E-state index in [1.807, 2.05) is 41.3 Å². The summed E-state index contributed by atoms with van der Waals surface area (Å²) < 4.78 is 4.76. The first-order valence-corrected chi connectivity index (χ1v) is 7.78. The molecule has 2 rings (SSSR count). The Hall–Kier alpha value is -2.37. The molecule has 0 atom stereocenters. The summed E-state index contributed by atoms with van der Waals surface area (Å²) in [5.41, 5.74) is 7.71. The van der Waals surface area contributed by atoms with E-state index in [1.54, 1.807) is 12.1 Å². The van der Waals surface area contributed by atoms with Crippen molar-refractivity contribution < 1.29 is 14.3 Å². The molecular formula is C18H19ClN2O3. The van der Waals surface area contributed by atoms with Gasteiger partial charge in [0.25, 0.3) is 0 Å². The molecular weight excluding hydrogens is 328 g/mol. The minimum atomic E-state index is -0.464. The molecule has 0 saturated heterocycles. The molecule has 2 N–H and O–H groups in total. The predicted molar refractivity (Wildman–Crippen MR) is 92.5 cm³/mol. The third-order valence-corrected chi connectivity index (χ3v) is 3.80. The van der Waals surface area contributed by atoms with Crippen molar-refractivity contribution in [2.75, 3.05) is 13.7 Å². The van der Waals surface area contributed by atoms with Gasteiger partial charge in [-0.25, -0.2) is 0 Å². The zero-order chi connectivity index (χ0) is 17.5. The number of hydrogen-bond acceptors (Lipinski definition) is 4. The summed E-state index contributed by atoms with van der Waals surface area (Å²) in [4.78, 5) is 24.7. The van der Waals surface area contributed by atoms with Crippen LogP contribution in [0.25, 0.3) is 0 Å². The quantitative estimate of drug-likeness (QED) is 0.782. The maximum atomic E-state index is 11.7. The number of halogens is 1. The number of nitrogens with zero attached hydrogens (tertiary/aromatic N) is 1. The molecule has 0 aliphatic heterocycles. The van der Waals surface area contributed by atoms with Crippen molar-refractivity contribution in [3.8, 4) is 0 Å². The standard InChI is InChI=1S/C18H19ClN2O3/c1-24-17(22)12-21(11-14-4-8-16(19)9-5-14)10-13-2-6-15(7-3-13)18(20)23/h2-9H,10-12H2,1H3,(H2,20,23). The highest BCUT2D eigenvalue weighted by Gasteiger charge is 2.13. The van der Waals surface area contributed by atoms with E-state index in [9.17, 15) is 9.59 Å². The van der Waals surface area contributed by atoms with E-state index in [2.05, 4.69) is 0 Å². The molecule has 0 unspecified atom stereocenters. The Balaban J connectivity index is 2.11. The Bertz CT molecular complexity index is 699. The van der Waals surface area contributed by atoms with E-state index in [4.69, 9.17) is 22.1 Å². The summed E-state index contributed by atoms with van der Waals surface area (Å²) in [6.45, 7) is 1.28. The maximum absolute atomic E-state index is 11.7. The number of carbonyl (C=O) groups excluding carboxylic acids is 2. The fraction of sp³-hybridized carbons (Fsp3) is 0.222. The smallest absolute Gasteiger partial charge is 0.319 e. The van der Waals surface area contributed by atoms with Crippen LogP contribution >= 0.6 is 11.6 Å². The van der Waals surface area contributed by atoms with E-state index in [1.165, 1.54) is 7.11 Å². The molecule has 24 heavy (non-hydrogen) atoms. The topological polar surface area (TPSA) is 72.6 Å². The van der Waals surface area contributed by atoms with Crippen LogP contribution in [0.5, 0.6) is 0 Å². The third kappa shape index (κ3) is 5.37. The van der Waals surface area contributed by atoms with Gasteiger partial charge in [-0.05, 0) is 35.4 Å². The van der Waals surface area contributed by atoms with Crippen LogP contribution in [-0.2, 0) is 22.6 Å². The van der Waals surface area contributed by atoms with E-state index >= 15 is 0 Å². The van der Waals surface area contributed by atoms with Gasteiger partial charge in [-0.3, -0.25) is 14.5 Å². The fourth-order valence-corrected chi connectivity index (χ4v) is 2.42. The molecule has 126 valence electrons. The lowest BCUT2D eigenvalue weighted by molar-refractivity contribution is -0.142. The molecule has 1 amide bonds. The van der Waals surface area contributed by atoms with Crippen LogP contribution in [0.3, 0.4) is 0 Å². The van der Waals surface area contributed by atoms with Gasteiger partial charge in [0.2, 0.25) is 5.91 Å². The highest BCUT2D eigenvalue weighted by Crippen LogP contribution is 2.14. The minimum Gasteiger partial charge on any atom is -0.468 e. The molecule has 2 aromatic carbocycles. The lowest BCUT2D eigenvalue weighted by Crippen LogP contribution is -2.29. The van der Waals surface area contributed by atoms with Gasteiger partial charge >= 0.3 is 5.97 Å². The first-order valence-electron chi connectivity index (χ1n) is 7.40. The van der Waals surface area contributed by atoms with E-state index in [0.717, 1.165) is 11.1 Å². The van der Waals surface area contributed by atoms with Gasteiger partial charge in [0, 0.05) is 23.7 Å². The average molecular weight is 347 g/mol. The summed E-state index contributed by atoms with van der Waals surface area (Å²) in [7, 11) is 1.37. The van der Waals surface area contributed by atoms with Crippen molar-refractivity contribution in [2.24, 2.45) is 5.73 Å². The molecule has 0 bridgehead atoms. The van der Waals surface area contributed by atoms with Crippen molar-refractivity contribution in [2.45, 2.75) is 13.1 Å². The second-order valence-electron chi connectivity index (χ2n) is 5.41. The normalized spacial score (nSPS) is 10.6. The van der Waals surface area contributed by atoms with Gasteiger partial charge in [-0.15, -0.1) is 0 Å². The fourth-order valence-electron chi connectivity index (χ4n) is 2.30. The molecule has 5 nitrogen and oxygen atoms in total. The number of benzene rings is 2. The summed E-state index contributed by atoms with van der Waals surface area (Å²) in [6.07, 6.45) is 0. The number of hydrogen-bond donors (Lipinski definition) is 1. The van der Waals surface area contributed by atoms with Crippen molar-refractivity contribution in [3.05, 3.63) is 70.2 Å². The highest BCUT2D eigenvalue weighted by atomic mass is 35.5. The molecule has 0 spiro atoms. The molecule has 0 aromatic heterocycles. The zero-order valence-electron chi connectivity index (χ0n) is 13.4. The summed E-state index contributed by atoms with van der Waals surface area (Å²) in [6, 6.07) is 14.5. The van der Waals surface area contributed by atoms with Crippen molar-refractivity contribution in [1.29, 1.82) is 0 Å². The van der Waals surface area contributed by atoms with Crippen molar-refractivity contribution in [1.82, 2.24) is 4.90 Å². The van der Waals surface area contributed by atoms with Gasteiger partial charge in [-0.1, -0.05) is 35.9 Å². The number of esters is 1. The number of primary amides is 1. The predicted octanol–water partition coefficient (Wildman–Crippen LogP) is 2.61. The number of ether oxygens (including phenoxy) is 1. The van der Waals surface area contributed by atoms with Crippen LogP contribution in [0, 0.1) is 0 Å². The lowest BCUT2D eigenvalue weighted by atomic mass is 10.1. The average Bonchev–Trinajstić information content (AvgIpc) is 2.57. The number of methoxy groups -OCH3 is 1. The van der Waals surface area contributed by atoms with E-state index < -0.39 is 5.91 Å². The molecule has 0 fully saturated rings. The SMILES string of the molecule is COC(=O)CN(Cc1ccc(Cl)cc1)Cc1ccc(C(N)=O)cc1. The first-order chi connectivity index (χ1) is 11.5. The number of amides is 1. The third-order valence-electron chi connectivity index (χ3n) is 3.54. The second-order valence-corrected chi connectivity index (χ2v) is 5.85. The Morgan fingerprint density at radius 2 is 1.50 bits per heavy atom. The first kappa shape index (κ1) is 18.0. The largest absolute Gasteiger partial charge is 0.468 e. The monoisotopic (exact) mass is 346 g/mol. The van der Waals surface area contributed by atoms with Gasteiger partial charge in [0.1, 0.15) is 0 Å². The van der Waals surface area contributed by atoms with Crippen LogP contribution < -0.4 is 5.73 Å². The van der Waals surface area contributed by atoms with Crippen LogP contribution in [0.4, 0.5) is 0 Å². The van der Waals surface area contributed by atoms with Crippen molar-refractivity contribution in [3.63, 3.8) is 0 Å². The maximum Gasteiger partial charge on any atom is 0.319 e. The summed E-state index contributed by atoms with van der Waals surface area (Å²) in [5.74, 6) is -0.771. The Morgan fingerprint density at radius 3 is 1.96 bits per heavy atom. The van der Waals surface area contributed by atoms with Crippen LogP contribution in [0.15, 0.2) is 48.5 Å². The van der Waals surface area contributed by atoms with Gasteiger partial charge in [-0.2, -0.15) is 0 Å². The second kappa shape index (κ2) is 8.47. The molecule has 2 aromatic rings. The lowest BCUT2D eigenvalue weighted by Gasteiger charge is -2.21. The van der Waals surface area contributed by atoms with Gasteiger partial charge in [0.05, 0.1) is 13.7 Å². The van der Waals surface area contributed by atoms with Crippen molar-refractivity contribution >= 4 is 23.5 Å². The summed E-state index contributed by atoms with van der Waals surface area (Å²) >= 11 is 5.90. The summed E-state index contributed by atoms with van der Waals surface area (Å²) in [5, 5.41) is 0.667. The van der Waals surface area contributed by atoms with Gasteiger partial charge < -0.3 is 10.5 Å². The number of carbonyl (C=O) groups is 2. The van der Waals surface area contributed by atoms with Crippen LogP contribution in [-0.4, -0.2) is 30.4 Å². The Kier molecular flexibility index (Phi) is 6.35. The van der Waals surface area contributed by atoms with Crippen LogP contribution in [0.2, 0.25) is 5.02 Å². The molecule has 0 heterocycles. The molecule has 0 aliphatic rings. The van der Waals surface area contributed by atoms with Gasteiger partial charge in [0.15, 0.2) is 0 Å². The Labute approximate surface area is 146 Å². The van der Waals surface area contributed by atoms with E-state index in [0.29, 0.717) is 23.7 Å². The molecule has 6 heteroatoms. The highest BCUT2D eigenvalue weighted by molar-refractivity contribution is 6.30. The molecule has 0 saturated carbocycles. The zero-order valence-corrected chi connectivity index (χ0v) is 14.1. The number of nitrogens with two attached hydrogens (primary N) is 1. The molecule has 0 radical (unpaired) electrons.